The van der Waals surface area contributed by atoms with Gasteiger partial charge < -0.3 is 0 Å². The van der Waals surface area contributed by atoms with Gasteiger partial charge in [0.25, 0.3) is 0 Å². The fourth-order valence-corrected chi connectivity index (χ4v) is 2.93. The van der Waals surface area contributed by atoms with E-state index in [4.69, 9.17) is 0 Å². The molecule has 1 aromatic carbocycles. The average Bonchev–Trinajstić information content (AvgIpc) is 2.08. The first kappa shape index (κ1) is 9.90. The summed E-state index contributed by atoms with van der Waals surface area (Å²) in [4.78, 5) is 10.6. The molecule has 1 aromatic rings. The second-order valence-corrected chi connectivity index (χ2v) is 4.66. The number of benzene rings is 1. The molecular formula is C8H6BrFOSe. The Morgan fingerprint density at radius 1 is 1.58 bits per heavy atom. The van der Waals surface area contributed by atoms with E-state index in [-0.39, 0.29) is 20.8 Å². The predicted octanol–water partition coefficient (Wildman–Crippen LogP) is 1.78. The van der Waals surface area contributed by atoms with Crippen LogP contribution in [0.25, 0.3) is 0 Å². The molecule has 0 heterocycles. The van der Waals surface area contributed by atoms with Crippen molar-refractivity contribution >= 4 is 41.6 Å². The molecule has 0 atom stereocenters. The molecule has 0 N–H and O–H groups in total. The van der Waals surface area contributed by atoms with Crippen LogP contribution < -0.4 is 4.46 Å². The number of carbonyl (C=O) groups is 1. The molecular weight excluding hydrogens is 290 g/mol. The third kappa shape index (κ3) is 1.76. The van der Waals surface area contributed by atoms with Crippen molar-refractivity contribution in [2.24, 2.45) is 0 Å². The zero-order chi connectivity index (χ0) is 9.14. The van der Waals surface area contributed by atoms with Crippen molar-refractivity contribution in [2.75, 3.05) is 0 Å². The molecule has 0 bridgehead atoms. The van der Waals surface area contributed by atoms with Crippen LogP contribution in [0.1, 0.15) is 10.4 Å². The van der Waals surface area contributed by atoms with Crippen LogP contribution in [0.2, 0.25) is 5.82 Å². The quantitative estimate of drug-likeness (QED) is 0.600. The van der Waals surface area contributed by atoms with Crippen molar-refractivity contribution in [3.63, 3.8) is 0 Å². The average molecular weight is 296 g/mol. The van der Waals surface area contributed by atoms with Crippen molar-refractivity contribution in [1.29, 1.82) is 0 Å². The topological polar surface area (TPSA) is 17.1 Å². The van der Waals surface area contributed by atoms with Gasteiger partial charge in [-0.3, -0.25) is 0 Å². The zero-order valence-electron chi connectivity index (χ0n) is 6.30. The van der Waals surface area contributed by atoms with Gasteiger partial charge in [-0.2, -0.15) is 0 Å². The molecule has 64 valence electrons. The normalized spacial score (nSPS) is 9.92. The fraction of sp³-hybridized carbons (Fsp3) is 0.125. The van der Waals surface area contributed by atoms with Crippen molar-refractivity contribution in [3.05, 3.63) is 28.0 Å². The second kappa shape index (κ2) is 4.17. The Balaban J connectivity index is 3.38. The van der Waals surface area contributed by atoms with Gasteiger partial charge in [-0.15, -0.1) is 0 Å². The van der Waals surface area contributed by atoms with E-state index in [0.717, 1.165) is 0 Å². The number of hydrogen-bond donors (Lipinski definition) is 0. The molecule has 0 fully saturated rings. The van der Waals surface area contributed by atoms with Gasteiger partial charge in [0.15, 0.2) is 0 Å². The molecule has 0 aliphatic carbocycles. The Hall–Kier alpha value is -0.181. The number of hydrogen-bond acceptors (Lipinski definition) is 1. The number of rotatable bonds is 2. The second-order valence-electron chi connectivity index (χ2n) is 2.09. The van der Waals surface area contributed by atoms with E-state index in [1.807, 2.05) is 5.82 Å². The van der Waals surface area contributed by atoms with E-state index in [2.05, 4.69) is 15.9 Å². The molecule has 0 unspecified atom stereocenters. The first-order valence-corrected chi connectivity index (χ1v) is 6.54. The minimum atomic E-state index is -0.289. The Labute approximate surface area is 84.6 Å². The van der Waals surface area contributed by atoms with Gasteiger partial charge in [-0.05, 0) is 0 Å². The molecule has 0 saturated carbocycles. The predicted molar refractivity (Wildman–Crippen MR) is 50.7 cm³/mol. The molecule has 0 amide bonds. The fourth-order valence-electron chi connectivity index (χ4n) is 0.866. The van der Waals surface area contributed by atoms with Crippen LogP contribution in [0.15, 0.2) is 16.6 Å². The maximum absolute atomic E-state index is 13.1. The van der Waals surface area contributed by atoms with Crippen molar-refractivity contribution in [3.8, 4) is 0 Å². The summed E-state index contributed by atoms with van der Waals surface area (Å²) in [5, 5.41) is 0. The van der Waals surface area contributed by atoms with E-state index in [9.17, 15) is 9.18 Å². The molecule has 0 aliphatic rings. The summed E-state index contributed by atoms with van der Waals surface area (Å²) in [6.07, 6.45) is 0.688. The Kier molecular flexibility index (Phi) is 3.44. The molecule has 0 aliphatic heterocycles. The van der Waals surface area contributed by atoms with Gasteiger partial charge in [0.1, 0.15) is 0 Å². The Morgan fingerprint density at radius 2 is 2.25 bits per heavy atom. The SMILES string of the molecule is C[Se]c1c(F)ccc(Br)c1C=O. The summed E-state index contributed by atoms with van der Waals surface area (Å²) in [6.45, 7) is 0. The zero-order valence-corrected chi connectivity index (χ0v) is 9.60. The van der Waals surface area contributed by atoms with Gasteiger partial charge in [-0.25, -0.2) is 0 Å². The third-order valence-corrected chi connectivity index (χ3v) is 3.84. The Morgan fingerprint density at radius 3 is 2.67 bits per heavy atom. The van der Waals surface area contributed by atoms with E-state index in [1.165, 1.54) is 6.07 Å². The standard InChI is InChI=1S/C8H6BrFOSe/c1-12-8-5(4-11)6(9)2-3-7(8)10/h2-4H,1H3. The molecule has 12 heavy (non-hydrogen) atoms. The van der Waals surface area contributed by atoms with Crippen LogP contribution in [0.3, 0.4) is 0 Å². The van der Waals surface area contributed by atoms with E-state index in [1.54, 1.807) is 6.07 Å². The molecule has 1 nitrogen and oxygen atoms in total. The number of aldehydes is 1. The van der Waals surface area contributed by atoms with E-state index in [0.29, 0.717) is 20.8 Å². The van der Waals surface area contributed by atoms with Gasteiger partial charge >= 0.3 is 84.6 Å². The summed E-state index contributed by atoms with van der Waals surface area (Å²) in [5.74, 6) is 1.59. The molecule has 1 rings (SSSR count). The van der Waals surface area contributed by atoms with E-state index < -0.39 is 0 Å². The molecule has 0 saturated heterocycles. The summed E-state index contributed by atoms with van der Waals surface area (Å²) in [6, 6.07) is 2.92. The first-order valence-electron chi connectivity index (χ1n) is 3.18. The van der Waals surface area contributed by atoms with Crippen LogP contribution >= 0.6 is 15.9 Å². The van der Waals surface area contributed by atoms with Gasteiger partial charge in [0, 0.05) is 0 Å². The summed E-state index contributed by atoms with van der Waals surface area (Å²) in [7, 11) is 0. The van der Waals surface area contributed by atoms with E-state index >= 15 is 0 Å². The number of halogens is 2. The van der Waals surface area contributed by atoms with Crippen LogP contribution in [0.4, 0.5) is 4.39 Å². The molecule has 4 heteroatoms. The van der Waals surface area contributed by atoms with Gasteiger partial charge in [-0.1, -0.05) is 0 Å². The van der Waals surface area contributed by atoms with Crippen molar-refractivity contribution in [1.82, 2.24) is 0 Å². The molecule has 0 spiro atoms. The van der Waals surface area contributed by atoms with Crippen LogP contribution in [0, 0.1) is 5.82 Å². The van der Waals surface area contributed by atoms with Crippen LogP contribution in [-0.4, -0.2) is 21.2 Å². The van der Waals surface area contributed by atoms with Crippen LogP contribution in [-0.2, 0) is 0 Å². The number of carbonyl (C=O) groups excluding carboxylic acids is 1. The monoisotopic (exact) mass is 296 g/mol. The van der Waals surface area contributed by atoms with Crippen molar-refractivity contribution in [2.45, 2.75) is 5.82 Å². The summed E-state index contributed by atoms with van der Waals surface area (Å²) >= 11 is 3.20. The summed E-state index contributed by atoms with van der Waals surface area (Å²) < 4.78 is 14.3. The summed E-state index contributed by atoms with van der Waals surface area (Å²) in [5.41, 5.74) is 0.442. The molecule has 0 radical (unpaired) electrons. The van der Waals surface area contributed by atoms with Crippen LogP contribution in [0.5, 0.6) is 0 Å². The maximum atomic E-state index is 13.1. The minimum absolute atomic E-state index is 0.00407. The molecule has 0 aromatic heterocycles. The van der Waals surface area contributed by atoms with Crippen molar-refractivity contribution < 1.29 is 9.18 Å². The van der Waals surface area contributed by atoms with Gasteiger partial charge in [0.05, 0.1) is 0 Å². The first-order chi connectivity index (χ1) is 5.70. The third-order valence-electron chi connectivity index (χ3n) is 1.42. The van der Waals surface area contributed by atoms with Gasteiger partial charge in [0.2, 0.25) is 0 Å². The Bertz CT molecular complexity index is 314.